The molecule has 0 atom stereocenters. The number of hydrogen-bond acceptors (Lipinski definition) is 4. The maximum absolute atomic E-state index is 11.6. The molecule has 4 heteroatoms. The van der Waals surface area contributed by atoms with Crippen molar-refractivity contribution in [2.45, 2.75) is 52.6 Å². The Labute approximate surface area is 101 Å². The summed E-state index contributed by atoms with van der Waals surface area (Å²) in [6.45, 7) is 7.75. The fourth-order valence-electron chi connectivity index (χ4n) is 1.28. The van der Waals surface area contributed by atoms with Crippen molar-refractivity contribution in [2.24, 2.45) is 0 Å². The predicted octanol–water partition coefficient (Wildman–Crippen LogP) is 2.98. The van der Waals surface area contributed by atoms with E-state index in [1.807, 2.05) is 20.8 Å². The van der Waals surface area contributed by atoms with Gasteiger partial charge >= 0.3 is 5.97 Å². The third-order valence-electron chi connectivity index (χ3n) is 1.80. The van der Waals surface area contributed by atoms with E-state index in [9.17, 15) is 4.79 Å². The molecule has 0 saturated carbocycles. The zero-order valence-corrected chi connectivity index (χ0v) is 11.2. The van der Waals surface area contributed by atoms with Crippen LogP contribution in [0, 0.1) is 0 Å². The quantitative estimate of drug-likeness (QED) is 0.761. The minimum Gasteiger partial charge on any atom is -0.460 e. The van der Waals surface area contributed by atoms with Gasteiger partial charge in [0.15, 0.2) is 0 Å². The minimum atomic E-state index is -0.409. The summed E-state index contributed by atoms with van der Waals surface area (Å²) in [5.74, 6) is -0.181. The van der Waals surface area contributed by atoms with Crippen LogP contribution in [0.5, 0.6) is 0 Å². The molecule has 1 aromatic heterocycles. The highest BCUT2D eigenvalue weighted by Crippen LogP contribution is 2.17. The fraction of sp³-hybridized carbons (Fsp3) is 0.667. The molecule has 0 bridgehead atoms. The maximum Gasteiger partial charge on any atom is 0.311 e. The van der Waals surface area contributed by atoms with E-state index < -0.39 is 5.60 Å². The Morgan fingerprint density at radius 3 is 2.75 bits per heavy atom. The van der Waals surface area contributed by atoms with E-state index in [4.69, 9.17) is 4.74 Å². The molecule has 0 N–H and O–H groups in total. The van der Waals surface area contributed by atoms with Gasteiger partial charge in [0.05, 0.1) is 11.4 Å². The van der Waals surface area contributed by atoms with Crippen molar-refractivity contribution in [3.05, 3.63) is 16.1 Å². The highest BCUT2D eigenvalue weighted by molar-refractivity contribution is 7.11. The summed E-state index contributed by atoms with van der Waals surface area (Å²) in [5, 5.41) is 1.10. The summed E-state index contributed by atoms with van der Waals surface area (Å²) in [5.41, 5.74) is -0.409. The van der Waals surface area contributed by atoms with Gasteiger partial charge in [-0.1, -0.05) is 6.92 Å². The molecular weight excluding hydrogens is 222 g/mol. The van der Waals surface area contributed by atoms with Gasteiger partial charge in [-0.2, -0.15) is 0 Å². The van der Waals surface area contributed by atoms with Gasteiger partial charge in [-0.25, -0.2) is 4.98 Å². The highest BCUT2D eigenvalue weighted by Gasteiger charge is 2.17. The van der Waals surface area contributed by atoms with Gasteiger partial charge in [0.25, 0.3) is 0 Å². The van der Waals surface area contributed by atoms with Crippen LogP contribution in [0.2, 0.25) is 0 Å². The Kier molecular flexibility index (Phi) is 4.47. The average molecular weight is 241 g/mol. The summed E-state index contributed by atoms with van der Waals surface area (Å²) in [4.78, 5) is 16.8. The molecule has 0 saturated heterocycles. The lowest BCUT2D eigenvalue weighted by molar-refractivity contribution is -0.153. The Balaban J connectivity index is 2.50. The third kappa shape index (κ3) is 4.75. The van der Waals surface area contributed by atoms with Crippen molar-refractivity contribution in [1.82, 2.24) is 4.98 Å². The molecule has 1 aromatic rings. The highest BCUT2D eigenvalue weighted by atomic mass is 32.1. The summed E-state index contributed by atoms with van der Waals surface area (Å²) < 4.78 is 5.25. The molecule has 0 unspecified atom stereocenters. The number of hydrogen-bond donors (Lipinski definition) is 0. The number of aromatic nitrogens is 1. The summed E-state index contributed by atoms with van der Waals surface area (Å²) >= 11 is 1.60. The molecule has 0 aliphatic rings. The van der Waals surface area contributed by atoms with Crippen LogP contribution in [-0.4, -0.2) is 16.6 Å². The first-order valence-electron chi connectivity index (χ1n) is 5.56. The van der Waals surface area contributed by atoms with Crippen LogP contribution in [0.1, 0.15) is 44.0 Å². The van der Waals surface area contributed by atoms with Crippen LogP contribution in [0.25, 0.3) is 0 Å². The predicted molar refractivity (Wildman–Crippen MR) is 65.7 cm³/mol. The van der Waals surface area contributed by atoms with E-state index in [-0.39, 0.29) is 5.97 Å². The number of carbonyl (C=O) groups is 1. The van der Waals surface area contributed by atoms with E-state index in [1.165, 1.54) is 0 Å². The first kappa shape index (κ1) is 13.2. The Morgan fingerprint density at radius 1 is 1.50 bits per heavy atom. The largest absolute Gasteiger partial charge is 0.460 e. The number of thiazole rings is 1. The Hall–Kier alpha value is -0.900. The molecule has 0 amide bonds. The summed E-state index contributed by atoms with van der Waals surface area (Å²) in [6, 6.07) is 0. The lowest BCUT2D eigenvalue weighted by atomic mass is 10.2. The molecule has 16 heavy (non-hydrogen) atoms. The minimum absolute atomic E-state index is 0.181. The lowest BCUT2D eigenvalue weighted by Crippen LogP contribution is -2.24. The van der Waals surface area contributed by atoms with Crippen LogP contribution in [0.3, 0.4) is 0 Å². The van der Waals surface area contributed by atoms with Crippen molar-refractivity contribution in [3.63, 3.8) is 0 Å². The zero-order valence-electron chi connectivity index (χ0n) is 10.4. The molecule has 0 aromatic carbocycles. The number of nitrogens with zero attached hydrogens (tertiary/aromatic N) is 1. The fourth-order valence-corrected chi connectivity index (χ4v) is 2.29. The van der Waals surface area contributed by atoms with Crippen LogP contribution >= 0.6 is 11.3 Å². The van der Waals surface area contributed by atoms with Crippen LogP contribution < -0.4 is 0 Å². The number of aryl methyl sites for hydroxylation is 1. The van der Waals surface area contributed by atoms with Crippen molar-refractivity contribution in [2.75, 3.05) is 0 Å². The van der Waals surface area contributed by atoms with Crippen molar-refractivity contribution < 1.29 is 9.53 Å². The van der Waals surface area contributed by atoms with E-state index in [0.29, 0.717) is 6.42 Å². The number of ether oxygens (including phenoxy) is 1. The van der Waals surface area contributed by atoms with E-state index in [1.54, 1.807) is 17.5 Å². The Morgan fingerprint density at radius 2 is 2.19 bits per heavy atom. The molecule has 0 radical (unpaired) electrons. The van der Waals surface area contributed by atoms with Crippen molar-refractivity contribution >= 4 is 17.3 Å². The topological polar surface area (TPSA) is 39.2 Å². The molecule has 0 fully saturated rings. The zero-order chi connectivity index (χ0) is 12.2. The molecule has 3 nitrogen and oxygen atoms in total. The van der Waals surface area contributed by atoms with Crippen LogP contribution in [0.15, 0.2) is 6.20 Å². The summed E-state index contributed by atoms with van der Waals surface area (Å²) in [7, 11) is 0. The maximum atomic E-state index is 11.6. The molecule has 0 aliphatic heterocycles. The number of esters is 1. The van der Waals surface area contributed by atoms with Gasteiger partial charge in [-0.3, -0.25) is 4.79 Å². The molecule has 0 aliphatic carbocycles. The van der Waals surface area contributed by atoms with Gasteiger partial charge < -0.3 is 4.74 Å². The first-order valence-corrected chi connectivity index (χ1v) is 6.38. The third-order valence-corrected chi connectivity index (χ3v) is 2.86. The second-order valence-electron chi connectivity index (χ2n) is 4.73. The average Bonchev–Trinajstić information content (AvgIpc) is 2.49. The number of carbonyl (C=O) groups excluding carboxylic acids is 1. The van der Waals surface area contributed by atoms with Gasteiger partial charge in [-0.05, 0) is 33.6 Å². The molecular formula is C12H19NO2S. The first-order chi connectivity index (χ1) is 7.40. The molecule has 90 valence electrons. The second kappa shape index (κ2) is 5.43. The monoisotopic (exact) mass is 241 g/mol. The van der Waals surface area contributed by atoms with Crippen LogP contribution in [0.4, 0.5) is 0 Å². The second-order valence-corrected chi connectivity index (χ2v) is 5.93. The van der Waals surface area contributed by atoms with Gasteiger partial charge in [0.2, 0.25) is 0 Å². The van der Waals surface area contributed by atoms with E-state index in [2.05, 4.69) is 11.9 Å². The van der Waals surface area contributed by atoms with E-state index in [0.717, 1.165) is 22.7 Å². The smallest absolute Gasteiger partial charge is 0.311 e. The van der Waals surface area contributed by atoms with Gasteiger partial charge in [-0.15, -0.1) is 11.3 Å². The van der Waals surface area contributed by atoms with Crippen LogP contribution in [-0.2, 0) is 22.4 Å². The van der Waals surface area contributed by atoms with E-state index >= 15 is 0 Å². The lowest BCUT2D eigenvalue weighted by Gasteiger charge is -2.18. The van der Waals surface area contributed by atoms with Crippen molar-refractivity contribution in [1.29, 1.82) is 0 Å². The van der Waals surface area contributed by atoms with Gasteiger partial charge in [0.1, 0.15) is 5.60 Å². The SMILES string of the molecule is CCCc1ncc(CC(=O)OC(C)(C)C)s1. The van der Waals surface area contributed by atoms with Crippen molar-refractivity contribution in [3.8, 4) is 0 Å². The Bertz CT molecular complexity index is 352. The summed E-state index contributed by atoms with van der Waals surface area (Å²) in [6.07, 6.45) is 4.18. The van der Waals surface area contributed by atoms with Gasteiger partial charge in [0, 0.05) is 11.1 Å². The molecule has 1 rings (SSSR count). The standard InChI is InChI=1S/C12H19NO2S/c1-5-6-10-13-8-9(16-10)7-11(14)15-12(2,3)4/h8H,5-7H2,1-4H3. The number of rotatable bonds is 4. The molecule has 0 spiro atoms. The normalized spacial score (nSPS) is 11.5. The molecule has 1 heterocycles.